The van der Waals surface area contributed by atoms with Crippen LogP contribution < -0.4 is 14.4 Å². The lowest BCUT2D eigenvalue weighted by Gasteiger charge is -2.39. The van der Waals surface area contributed by atoms with E-state index in [2.05, 4.69) is 21.1 Å². The maximum Gasteiger partial charge on any atom is 0.573 e. The normalized spacial score (nSPS) is 16.4. The third kappa shape index (κ3) is 5.72. The van der Waals surface area contributed by atoms with Crippen molar-refractivity contribution in [1.29, 1.82) is 5.26 Å². The molecule has 1 aromatic heterocycles. The molecule has 5 rings (SSSR count). The van der Waals surface area contributed by atoms with E-state index in [1.807, 2.05) is 13.8 Å². The molecule has 2 heterocycles. The van der Waals surface area contributed by atoms with Crippen LogP contribution in [0.4, 0.5) is 43.5 Å². The first-order valence-corrected chi connectivity index (χ1v) is 13.4. The van der Waals surface area contributed by atoms with Crippen LogP contribution in [0.5, 0.6) is 5.75 Å². The Labute approximate surface area is 229 Å². The first-order chi connectivity index (χ1) is 18.9. The van der Waals surface area contributed by atoms with Gasteiger partial charge in [-0.3, -0.25) is 4.31 Å². The molecule has 1 aliphatic heterocycles. The molecule has 13 heteroatoms. The molecule has 1 N–H and O–H groups in total. The Morgan fingerprint density at radius 2 is 1.70 bits per heavy atom. The van der Waals surface area contributed by atoms with E-state index in [0.29, 0.717) is 35.3 Å². The number of aromatic nitrogens is 1. The van der Waals surface area contributed by atoms with Crippen molar-refractivity contribution in [1.82, 2.24) is 4.98 Å². The van der Waals surface area contributed by atoms with Crippen molar-refractivity contribution >= 4 is 28.2 Å². The zero-order valence-corrected chi connectivity index (χ0v) is 22.2. The average Bonchev–Trinajstić information content (AvgIpc) is 3.05. The number of halogens is 6. The highest BCUT2D eigenvalue weighted by Crippen LogP contribution is 2.51. The largest absolute Gasteiger partial charge is 0.573 e. The average molecular weight is 583 g/mol. The first kappa shape index (κ1) is 29.2. The van der Waals surface area contributed by atoms with Gasteiger partial charge in [-0.2, -0.15) is 18.4 Å². The van der Waals surface area contributed by atoms with E-state index in [1.165, 1.54) is 22.5 Å². The third-order valence-corrected chi connectivity index (χ3v) is 7.90. The van der Waals surface area contributed by atoms with Gasteiger partial charge in [0.1, 0.15) is 17.3 Å². The Kier molecular flexibility index (Phi) is 8.03. The van der Waals surface area contributed by atoms with Crippen molar-refractivity contribution in [2.24, 2.45) is 0 Å². The number of nitriles is 1. The van der Waals surface area contributed by atoms with Gasteiger partial charge >= 0.3 is 12.5 Å². The Bertz CT molecular complexity index is 1450. The molecule has 0 saturated heterocycles. The predicted molar refractivity (Wildman–Crippen MR) is 137 cm³/mol. The molecule has 6 nitrogen and oxygen atoms in total. The van der Waals surface area contributed by atoms with Crippen LogP contribution in [0, 0.1) is 11.3 Å². The van der Waals surface area contributed by atoms with Crippen LogP contribution in [0.1, 0.15) is 49.9 Å². The van der Waals surface area contributed by atoms with E-state index >= 15 is 0 Å². The summed E-state index contributed by atoms with van der Waals surface area (Å²) in [6.45, 7) is 3.85. The van der Waals surface area contributed by atoms with Gasteiger partial charge in [-0.1, -0.05) is 32.0 Å². The summed E-state index contributed by atoms with van der Waals surface area (Å²) in [4.78, 5) is 3.88. The molecule has 3 aromatic rings. The van der Waals surface area contributed by atoms with Gasteiger partial charge < -0.3 is 10.1 Å². The number of pyridine rings is 1. The zero-order valence-electron chi connectivity index (χ0n) is 21.4. The molecule has 0 radical (unpaired) electrons. The molecule has 2 aromatic carbocycles. The number of nitrogens with zero attached hydrogens (tertiary/aromatic N) is 3. The van der Waals surface area contributed by atoms with Crippen LogP contribution in [0.15, 0.2) is 59.5 Å². The van der Waals surface area contributed by atoms with Gasteiger partial charge in [0.05, 0.1) is 34.3 Å². The van der Waals surface area contributed by atoms with E-state index in [-0.39, 0.29) is 17.3 Å². The molecular weight excluding hydrogens is 558 g/mol. The summed E-state index contributed by atoms with van der Waals surface area (Å²) in [5, 5.41) is 12.9. The standard InChI is InChI=1S/C25H18F6N4O2S.C2H6/c26-24(27,28)20-10-5-15-13-35(38(36)17-8-6-16(7-9-17)37-25(29,30)31)21-18(23(14-32)11-2-12-23)3-1-4-19(21)33-22(15)34-20;1-2/h1,3-10H,2,11-13H2,(H,33,34);1-2H3. The maximum atomic E-state index is 13.9. The van der Waals surface area contributed by atoms with E-state index in [4.69, 9.17) is 0 Å². The van der Waals surface area contributed by atoms with Crippen molar-refractivity contribution < 1.29 is 35.3 Å². The number of anilines is 3. The molecular formula is C27H24F6N4O2S. The smallest absolute Gasteiger partial charge is 0.406 e. The Balaban J connectivity index is 0.00000181. The summed E-state index contributed by atoms with van der Waals surface area (Å²) in [7, 11) is -2.03. The quantitative estimate of drug-likeness (QED) is 0.318. The number of benzene rings is 2. The number of hydrogen-bond donors (Lipinski definition) is 1. The number of rotatable bonds is 4. The summed E-state index contributed by atoms with van der Waals surface area (Å²) >= 11 is 0. The summed E-state index contributed by atoms with van der Waals surface area (Å²) in [5.41, 5.74) is -0.449. The minimum absolute atomic E-state index is 0.0775. The van der Waals surface area contributed by atoms with E-state index in [1.54, 1.807) is 18.2 Å². The molecule has 1 saturated carbocycles. The van der Waals surface area contributed by atoms with Gasteiger partial charge in [0.15, 0.2) is 11.0 Å². The lowest BCUT2D eigenvalue weighted by molar-refractivity contribution is -0.274. The lowest BCUT2D eigenvalue weighted by atomic mass is 9.65. The van der Waals surface area contributed by atoms with Crippen LogP contribution in [0.3, 0.4) is 0 Å². The number of ether oxygens (including phenoxy) is 1. The minimum atomic E-state index is -4.90. The fourth-order valence-corrected chi connectivity index (χ4v) is 5.78. The molecule has 0 amide bonds. The van der Waals surface area contributed by atoms with Crippen molar-refractivity contribution in [2.75, 3.05) is 9.62 Å². The van der Waals surface area contributed by atoms with Gasteiger partial charge in [0.2, 0.25) is 0 Å². The fraction of sp³-hybridized carbons (Fsp3) is 0.333. The number of fused-ring (bicyclic) bond motifs is 2. The number of hydrogen-bond acceptors (Lipinski definition) is 5. The SMILES string of the molecule is CC.N#CC1(c2cccc3c2N(S(=O)c2ccc(OC(F)(F)F)cc2)Cc2ccc(C(F)(F)F)nc2N3)CCC1. The predicted octanol–water partition coefficient (Wildman–Crippen LogP) is 7.76. The molecule has 1 atom stereocenters. The van der Waals surface area contributed by atoms with Crippen LogP contribution in [0.2, 0.25) is 0 Å². The van der Waals surface area contributed by atoms with E-state index in [9.17, 15) is 35.8 Å². The van der Waals surface area contributed by atoms with Crippen LogP contribution >= 0.6 is 0 Å². The van der Waals surface area contributed by atoms with Crippen molar-refractivity contribution in [2.45, 2.75) is 62.5 Å². The Hall–Kier alpha value is -3.79. The molecule has 2 aliphatic rings. The highest BCUT2D eigenvalue weighted by Gasteiger charge is 2.43. The van der Waals surface area contributed by atoms with Gasteiger partial charge in [-0.25, -0.2) is 9.19 Å². The maximum absolute atomic E-state index is 13.9. The number of para-hydroxylation sites is 1. The van der Waals surface area contributed by atoms with Gasteiger partial charge in [-0.05, 0) is 61.2 Å². The van der Waals surface area contributed by atoms with Crippen molar-refractivity contribution in [3.05, 3.63) is 71.4 Å². The van der Waals surface area contributed by atoms with E-state index < -0.39 is 40.4 Å². The van der Waals surface area contributed by atoms with Crippen LogP contribution in [-0.2, 0) is 29.1 Å². The first-order valence-electron chi connectivity index (χ1n) is 12.3. The molecule has 1 unspecified atom stereocenters. The van der Waals surface area contributed by atoms with Gasteiger partial charge in [0.25, 0.3) is 0 Å². The highest BCUT2D eigenvalue weighted by atomic mass is 32.2. The summed E-state index contributed by atoms with van der Waals surface area (Å²) < 4.78 is 97.0. The Morgan fingerprint density at radius 1 is 1.02 bits per heavy atom. The topological polar surface area (TPSA) is 78.2 Å². The molecule has 40 heavy (non-hydrogen) atoms. The van der Waals surface area contributed by atoms with Crippen molar-refractivity contribution in [3.63, 3.8) is 0 Å². The highest BCUT2D eigenvalue weighted by molar-refractivity contribution is 7.86. The lowest BCUT2D eigenvalue weighted by Crippen LogP contribution is -2.36. The fourth-order valence-electron chi connectivity index (χ4n) is 4.54. The molecule has 0 spiro atoms. The number of alkyl halides is 6. The summed E-state index contributed by atoms with van der Waals surface area (Å²) in [6, 6.07) is 13.8. The van der Waals surface area contributed by atoms with Crippen LogP contribution in [-0.4, -0.2) is 15.6 Å². The van der Waals surface area contributed by atoms with Crippen LogP contribution in [0.25, 0.3) is 0 Å². The van der Waals surface area contributed by atoms with Gasteiger partial charge in [-0.15, -0.1) is 13.2 Å². The minimum Gasteiger partial charge on any atom is -0.406 e. The molecule has 1 aliphatic carbocycles. The van der Waals surface area contributed by atoms with Crippen molar-refractivity contribution in [3.8, 4) is 11.8 Å². The van der Waals surface area contributed by atoms with Gasteiger partial charge in [0, 0.05) is 5.56 Å². The van der Waals surface area contributed by atoms with E-state index in [0.717, 1.165) is 24.6 Å². The summed E-state index contributed by atoms with van der Waals surface area (Å²) in [6.07, 6.45) is -7.69. The monoisotopic (exact) mass is 582 g/mol. The summed E-state index contributed by atoms with van der Waals surface area (Å²) in [5.74, 6) is -0.574. The second-order valence-corrected chi connectivity index (χ2v) is 10.3. The number of nitrogens with one attached hydrogen (secondary N) is 1. The molecule has 0 bridgehead atoms. The second-order valence-electron chi connectivity index (χ2n) is 8.88. The molecule has 1 fully saturated rings. The zero-order chi connectivity index (χ0) is 29.3. The molecule has 212 valence electrons. The third-order valence-electron chi connectivity index (χ3n) is 6.52. The Morgan fingerprint density at radius 3 is 2.25 bits per heavy atom. The second kappa shape index (κ2) is 11.0.